The number of hydrogen-bond donors (Lipinski definition) is 2. The Hall–Kier alpha value is -0.830. The van der Waals surface area contributed by atoms with Crippen molar-refractivity contribution in [3.63, 3.8) is 0 Å². The molecule has 1 amide bonds. The summed E-state index contributed by atoms with van der Waals surface area (Å²) in [6.45, 7) is 5.62. The molecule has 0 aromatic carbocycles. The first-order valence-corrected chi connectivity index (χ1v) is 9.89. The van der Waals surface area contributed by atoms with E-state index in [2.05, 4.69) is 37.6 Å². The minimum atomic E-state index is 0. The summed E-state index contributed by atoms with van der Waals surface area (Å²) in [5.74, 6) is 1.61. The summed E-state index contributed by atoms with van der Waals surface area (Å²) >= 11 is 0. The smallest absolute Gasteiger partial charge is 0.225 e. The Bertz CT molecular complexity index is 488. The third-order valence-electron chi connectivity index (χ3n) is 5.68. The molecule has 0 bridgehead atoms. The monoisotopic (exact) mass is 475 g/mol. The van der Waals surface area contributed by atoms with Gasteiger partial charge in [-0.25, -0.2) is 0 Å². The summed E-state index contributed by atoms with van der Waals surface area (Å²) in [5.41, 5.74) is 0. The van der Waals surface area contributed by atoms with Crippen molar-refractivity contribution < 1.29 is 4.79 Å². The van der Waals surface area contributed by atoms with Gasteiger partial charge in [0.25, 0.3) is 0 Å². The van der Waals surface area contributed by atoms with Gasteiger partial charge in [0.2, 0.25) is 5.91 Å². The van der Waals surface area contributed by atoms with Crippen molar-refractivity contribution in [1.82, 2.24) is 20.4 Å². The zero-order chi connectivity index (χ0) is 17.5. The van der Waals surface area contributed by atoms with Gasteiger partial charge in [-0.1, -0.05) is 25.0 Å². The van der Waals surface area contributed by atoms with Gasteiger partial charge in [-0.3, -0.25) is 14.7 Å². The van der Waals surface area contributed by atoms with Crippen LogP contribution in [0, 0.1) is 5.92 Å². The van der Waals surface area contributed by atoms with Crippen LogP contribution in [-0.4, -0.2) is 74.0 Å². The number of nitrogens with zero attached hydrogens (tertiary/aromatic N) is 3. The summed E-state index contributed by atoms with van der Waals surface area (Å²) < 4.78 is 0. The molecule has 3 rings (SSSR count). The van der Waals surface area contributed by atoms with Crippen molar-refractivity contribution in [2.24, 2.45) is 10.9 Å². The number of hydrogen-bond acceptors (Lipinski definition) is 3. The van der Waals surface area contributed by atoms with Crippen LogP contribution in [0.1, 0.15) is 38.5 Å². The Balaban J connectivity index is 0.00000243. The normalized spacial score (nSPS) is 22.5. The van der Waals surface area contributed by atoms with E-state index in [0.29, 0.717) is 17.9 Å². The molecule has 0 unspecified atom stereocenters. The van der Waals surface area contributed by atoms with Gasteiger partial charge in [0, 0.05) is 58.3 Å². The van der Waals surface area contributed by atoms with Gasteiger partial charge in [-0.15, -0.1) is 24.0 Å². The first-order chi connectivity index (χ1) is 12.3. The average Bonchev–Trinajstić information content (AvgIpc) is 3.35. The number of piperazine rings is 1. The summed E-state index contributed by atoms with van der Waals surface area (Å²) in [6, 6.07) is 0.483. The van der Waals surface area contributed by atoms with E-state index in [1.54, 1.807) is 0 Å². The van der Waals surface area contributed by atoms with E-state index in [9.17, 15) is 4.79 Å². The number of amides is 1. The van der Waals surface area contributed by atoms with Crippen molar-refractivity contribution in [3.8, 4) is 0 Å². The molecule has 2 N–H and O–H groups in total. The molecule has 1 aliphatic heterocycles. The van der Waals surface area contributed by atoms with Crippen molar-refractivity contribution in [2.45, 2.75) is 44.6 Å². The Morgan fingerprint density at radius 1 is 1.12 bits per heavy atom. The predicted molar refractivity (Wildman–Crippen MR) is 117 cm³/mol. The van der Waals surface area contributed by atoms with E-state index in [0.717, 1.165) is 70.9 Å². The van der Waals surface area contributed by atoms with E-state index >= 15 is 0 Å². The molecule has 0 atom stereocenters. The van der Waals surface area contributed by atoms with Crippen LogP contribution in [0.2, 0.25) is 0 Å². The molecule has 0 aromatic rings. The van der Waals surface area contributed by atoms with Gasteiger partial charge in [-0.2, -0.15) is 0 Å². The molecular weight excluding hydrogens is 441 g/mol. The molecule has 26 heavy (non-hydrogen) atoms. The summed E-state index contributed by atoms with van der Waals surface area (Å²) in [4.78, 5) is 21.3. The summed E-state index contributed by atoms with van der Waals surface area (Å²) in [5, 5.41) is 6.87. The van der Waals surface area contributed by atoms with Gasteiger partial charge < -0.3 is 15.5 Å². The Labute approximate surface area is 174 Å². The second-order valence-corrected chi connectivity index (χ2v) is 7.43. The van der Waals surface area contributed by atoms with Gasteiger partial charge in [0.1, 0.15) is 0 Å². The number of carbonyl (C=O) groups excluding carboxylic acids is 1. The van der Waals surface area contributed by atoms with Crippen molar-refractivity contribution in [3.05, 3.63) is 12.2 Å². The highest BCUT2D eigenvalue weighted by atomic mass is 127. The number of rotatable bonds is 5. The zero-order valence-electron chi connectivity index (χ0n) is 16.0. The molecule has 1 saturated heterocycles. The summed E-state index contributed by atoms with van der Waals surface area (Å²) in [6.07, 6.45) is 11.3. The lowest BCUT2D eigenvalue weighted by Crippen LogP contribution is -2.52. The Kier molecular flexibility index (Phi) is 9.18. The average molecular weight is 475 g/mol. The maximum absolute atomic E-state index is 12.5. The van der Waals surface area contributed by atoms with Crippen molar-refractivity contribution in [1.29, 1.82) is 0 Å². The number of guanidine groups is 1. The van der Waals surface area contributed by atoms with Crippen molar-refractivity contribution in [2.75, 3.05) is 46.3 Å². The minimum Gasteiger partial charge on any atom is -0.355 e. The van der Waals surface area contributed by atoms with Gasteiger partial charge in [0.15, 0.2) is 5.96 Å². The van der Waals surface area contributed by atoms with Crippen LogP contribution in [0.5, 0.6) is 0 Å². The molecule has 0 radical (unpaired) electrons. The van der Waals surface area contributed by atoms with Crippen LogP contribution in [0.15, 0.2) is 17.1 Å². The van der Waals surface area contributed by atoms with E-state index in [4.69, 9.17) is 0 Å². The molecule has 0 spiro atoms. The van der Waals surface area contributed by atoms with Crippen LogP contribution < -0.4 is 10.6 Å². The molecule has 2 aliphatic carbocycles. The van der Waals surface area contributed by atoms with Gasteiger partial charge in [-0.05, 0) is 25.7 Å². The number of nitrogens with one attached hydrogen (secondary N) is 2. The first-order valence-electron chi connectivity index (χ1n) is 9.89. The molecule has 2 fully saturated rings. The van der Waals surface area contributed by atoms with Gasteiger partial charge >= 0.3 is 0 Å². The number of aliphatic imine (C=N–C) groups is 1. The molecule has 7 heteroatoms. The highest BCUT2D eigenvalue weighted by Gasteiger charge is 2.29. The quantitative estimate of drug-likeness (QED) is 0.276. The molecule has 6 nitrogen and oxygen atoms in total. The molecular formula is C19H34IN5O. The fraction of sp³-hybridized carbons (Fsp3) is 0.789. The summed E-state index contributed by atoms with van der Waals surface area (Å²) in [7, 11) is 1.82. The van der Waals surface area contributed by atoms with Crippen molar-refractivity contribution >= 4 is 35.8 Å². The highest BCUT2D eigenvalue weighted by molar-refractivity contribution is 14.0. The molecule has 148 valence electrons. The van der Waals surface area contributed by atoms with Crippen LogP contribution in [0.4, 0.5) is 0 Å². The zero-order valence-corrected chi connectivity index (χ0v) is 18.3. The SMILES string of the molecule is CN=C(NCCN1CCN(C(=O)C2CCCC2)CC1)NC1CC=CC1.I. The maximum atomic E-state index is 12.5. The van der Waals surface area contributed by atoms with Crippen LogP contribution in [0.25, 0.3) is 0 Å². The highest BCUT2D eigenvalue weighted by Crippen LogP contribution is 2.26. The minimum absolute atomic E-state index is 0. The lowest BCUT2D eigenvalue weighted by atomic mass is 10.1. The molecule has 1 saturated carbocycles. The largest absolute Gasteiger partial charge is 0.355 e. The molecule has 1 heterocycles. The fourth-order valence-electron chi connectivity index (χ4n) is 4.08. The first kappa shape index (κ1) is 21.5. The molecule has 0 aromatic heterocycles. The molecule has 3 aliphatic rings. The topological polar surface area (TPSA) is 60.0 Å². The van der Waals surface area contributed by atoms with E-state index in [-0.39, 0.29) is 24.0 Å². The third-order valence-corrected chi connectivity index (χ3v) is 5.68. The lowest BCUT2D eigenvalue weighted by Gasteiger charge is -2.36. The lowest BCUT2D eigenvalue weighted by molar-refractivity contribution is -0.137. The van der Waals surface area contributed by atoms with Crippen LogP contribution in [-0.2, 0) is 4.79 Å². The number of halogens is 1. The predicted octanol–water partition coefficient (Wildman–Crippen LogP) is 1.82. The van der Waals surface area contributed by atoms with Crippen LogP contribution >= 0.6 is 24.0 Å². The second kappa shape index (κ2) is 11.1. The third kappa shape index (κ3) is 6.11. The standard InChI is InChI=1S/C19H33N5O.HI/c1-20-19(22-17-8-4-5-9-17)21-10-11-23-12-14-24(15-13-23)18(25)16-6-2-3-7-16;/h4-5,16-17H,2-3,6-15H2,1H3,(H2,20,21,22);1H. The van der Waals surface area contributed by atoms with Crippen LogP contribution in [0.3, 0.4) is 0 Å². The maximum Gasteiger partial charge on any atom is 0.225 e. The van der Waals surface area contributed by atoms with E-state index < -0.39 is 0 Å². The van der Waals surface area contributed by atoms with Gasteiger partial charge in [0.05, 0.1) is 0 Å². The Morgan fingerprint density at radius 3 is 2.38 bits per heavy atom. The Morgan fingerprint density at radius 2 is 1.77 bits per heavy atom. The van der Waals surface area contributed by atoms with E-state index in [1.165, 1.54) is 12.8 Å². The second-order valence-electron chi connectivity index (χ2n) is 7.43. The number of carbonyl (C=O) groups is 1. The fourth-order valence-corrected chi connectivity index (χ4v) is 4.08. The van der Waals surface area contributed by atoms with E-state index in [1.807, 2.05) is 7.05 Å².